The van der Waals surface area contributed by atoms with Crippen molar-refractivity contribution in [1.29, 1.82) is 0 Å². The monoisotopic (exact) mass is 242 g/mol. The number of hydrogen-bond donors (Lipinski definition) is 1. The fourth-order valence-corrected chi connectivity index (χ4v) is 2.50. The van der Waals surface area contributed by atoms with Crippen LogP contribution < -0.4 is 5.32 Å². The van der Waals surface area contributed by atoms with Crippen molar-refractivity contribution in [2.24, 2.45) is 5.92 Å². The number of nitrogens with zero attached hydrogens (tertiary/aromatic N) is 1. The van der Waals surface area contributed by atoms with E-state index < -0.39 is 0 Å². The van der Waals surface area contributed by atoms with Crippen molar-refractivity contribution in [1.82, 2.24) is 10.2 Å². The molecule has 3 nitrogen and oxygen atoms in total. The molecule has 0 aliphatic carbocycles. The van der Waals surface area contributed by atoms with Crippen LogP contribution in [0.15, 0.2) is 0 Å². The summed E-state index contributed by atoms with van der Waals surface area (Å²) in [5.41, 5.74) is 0.225. The van der Waals surface area contributed by atoms with E-state index in [1.165, 1.54) is 0 Å². The Kier molecular flexibility index (Phi) is 5.42. The molecule has 0 saturated carbocycles. The highest BCUT2D eigenvalue weighted by molar-refractivity contribution is 4.93. The van der Waals surface area contributed by atoms with E-state index in [4.69, 9.17) is 4.74 Å². The molecule has 102 valence electrons. The zero-order valence-corrected chi connectivity index (χ0v) is 12.4. The Labute approximate surface area is 107 Å². The lowest BCUT2D eigenvalue weighted by atomic mass is 9.93. The van der Waals surface area contributed by atoms with Crippen LogP contribution in [-0.2, 0) is 4.74 Å². The molecule has 1 unspecified atom stereocenters. The first-order chi connectivity index (χ1) is 7.82. The molecular formula is C14H30N2O. The van der Waals surface area contributed by atoms with Gasteiger partial charge in [-0.25, -0.2) is 0 Å². The van der Waals surface area contributed by atoms with E-state index in [1.807, 2.05) is 0 Å². The quantitative estimate of drug-likeness (QED) is 0.799. The van der Waals surface area contributed by atoms with Crippen LogP contribution in [0.5, 0.6) is 0 Å². The lowest BCUT2D eigenvalue weighted by Gasteiger charge is -2.46. The predicted octanol–water partition coefficient (Wildman–Crippen LogP) is 2.12. The molecule has 0 amide bonds. The van der Waals surface area contributed by atoms with Gasteiger partial charge in [-0.3, -0.25) is 4.90 Å². The van der Waals surface area contributed by atoms with E-state index >= 15 is 0 Å². The largest absolute Gasteiger partial charge is 0.377 e. The summed E-state index contributed by atoms with van der Waals surface area (Å²) in [5.74, 6) is 0.692. The molecule has 1 aliphatic heterocycles. The van der Waals surface area contributed by atoms with E-state index in [9.17, 15) is 0 Å². The van der Waals surface area contributed by atoms with Crippen LogP contribution in [0.25, 0.3) is 0 Å². The van der Waals surface area contributed by atoms with Crippen molar-refractivity contribution in [3.63, 3.8) is 0 Å². The van der Waals surface area contributed by atoms with Crippen LogP contribution in [0, 0.1) is 5.92 Å². The summed E-state index contributed by atoms with van der Waals surface area (Å²) in [4.78, 5) is 2.59. The lowest BCUT2D eigenvalue weighted by Crippen LogP contribution is -2.63. The number of ether oxygens (including phenoxy) is 1. The Hall–Kier alpha value is -0.120. The van der Waals surface area contributed by atoms with E-state index in [1.54, 1.807) is 0 Å². The second-order valence-corrected chi connectivity index (χ2v) is 6.47. The van der Waals surface area contributed by atoms with Crippen LogP contribution >= 0.6 is 0 Å². The second kappa shape index (κ2) is 6.17. The highest BCUT2D eigenvalue weighted by Gasteiger charge is 2.33. The van der Waals surface area contributed by atoms with Crippen LogP contribution in [0.1, 0.15) is 41.5 Å². The maximum absolute atomic E-state index is 5.68. The van der Waals surface area contributed by atoms with Gasteiger partial charge in [-0.15, -0.1) is 0 Å². The number of hydrogen-bond acceptors (Lipinski definition) is 3. The summed E-state index contributed by atoms with van der Waals surface area (Å²) >= 11 is 0. The molecule has 17 heavy (non-hydrogen) atoms. The standard InChI is InChI=1S/C14H30N2O/c1-11(2)13-9-15-14(5,6)10-16(13)7-8-17-12(3)4/h11-13,15H,7-10H2,1-6H3. The van der Waals surface area contributed by atoms with Crippen molar-refractivity contribution in [3.05, 3.63) is 0 Å². The molecule has 0 spiro atoms. The van der Waals surface area contributed by atoms with Gasteiger partial charge in [0, 0.05) is 31.2 Å². The summed E-state index contributed by atoms with van der Waals surface area (Å²) < 4.78 is 5.68. The van der Waals surface area contributed by atoms with Gasteiger partial charge in [-0.1, -0.05) is 13.8 Å². The van der Waals surface area contributed by atoms with Crippen LogP contribution in [0.2, 0.25) is 0 Å². The lowest BCUT2D eigenvalue weighted by molar-refractivity contribution is 0.0159. The minimum absolute atomic E-state index is 0.225. The van der Waals surface area contributed by atoms with E-state index in [2.05, 4.69) is 51.8 Å². The molecule has 1 aliphatic rings. The van der Waals surface area contributed by atoms with Gasteiger partial charge in [0.15, 0.2) is 0 Å². The third-order valence-electron chi connectivity index (χ3n) is 3.46. The number of piperazine rings is 1. The molecule has 1 atom stereocenters. The van der Waals surface area contributed by atoms with Gasteiger partial charge < -0.3 is 10.1 Å². The van der Waals surface area contributed by atoms with Gasteiger partial charge in [0.25, 0.3) is 0 Å². The van der Waals surface area contributed by atoms with E-state index in [0.29, 0.717) is 18.1 Å². The zero-order valence-electron chi connectivity index (χ0n) is 12.4. The van der Waals surface area contributed by atoms with Gasteiger partial charge in [0.05, 0.1) is 12.7 Å². The summed E-state index contributed by atoms with van der Waals surface area (Å²) in [6.07, 6.45) is 0.337. The first-order valence-electron chi connectivity index (χ1n) is 6.92. The minimum Gasteiger partial charge on any atom is -0.377 e. The highest BCUT2D eigenvalue weighted by atomic mass is 16.5. The Morgan fingerprint density at radius 3 is 2.47 bits per heavy atom. The van der Waals surface area contributed by atoms with Gasteiger partial charge in [-0.2, -0.15) is 0 Å². The molecule has 1 saturated heterocycles. The Morgan fingerprint density at radius 1 is 1.29 bits per heavy atom. The minimum atomic E-state index is 0.225. The molecular weight excluding hydrogens is 212 g/mol. The van der Waals surface area contributed by atoms with Gasteiger partial charge in [0.1, 0.15) is 0 Å². The Morgan fingerprint density at radius 2 is 1.94 bits per heavy atom. The van der Waals surface area contributed by atoms with E-state index in [-0.39, 0.29) is 5.54 Å². The summed E-state index contributed by atoms with van der Waals surface area (Å²) in [7, 11) is 0. The van der Waals surface area contributed by atoms with Gasteiger partial charge in [-0.05, 0) is 33.6 Å². The van der Waals surface area contributed by atoms with Gasteiger partial charge >= 0.3 is 0 Å². The van der Waals surface area contributed by atoms with Crippen molar-refractivity contribution in [3.8, 4) is 0 Å². The molecule has 1 heterocycles. The number of rotatable bonds is 5. The third-order valence-corrected chi connectivity index (χ3v) is 3.46. The average molecular weight is 242 g/mol. The number of nitrogens with one attached hydrogen (secondary N) is 1. The van der Waals surface area contributed by atoms with Crippen LogP contribution in [-0.4, -0.2) is 48.8 Å². The molecule has 1 rings (SSSR count). The maximum Gasteiger partial charge on any atom is 0.0597 e. The smallest absolute Gasteiger partial charge is 0.0597 e. The zero-order chi connectivity index (χ0) is 13.1. The first-order valence-corrected chi connectivity index (χ1v) is 6.92. The predicted molar refractivity (Wildman–Crippen MR) is 73.4 cm³/mol. The first kappa shape index (κ1) is 14.9. The molecule has 0 aromatic carbocycles. The van der Waals surface area contributed by atoms with E-state index in [0.717, 1.165) is 26.2 Å². The topological polar surface area (TPSA) is 24.5 Å². The highest BCUT2D eigenvalue weighted by Crippen LogP contribution is 2.19. The van der Waals surface area contributed by atoms with Crippen molar-refractivity contribution in [2.75, 3.05) is 26.2 Å². The third kappa shape index (κ3) is 4.94. The molecule has 3 heteroatoms. The summed E-state index contributed by atoms with van der Waals surface area (Å²) in [6.45, 7) is 17.5. The molecule has 0 aromatic heterocycles. The fraction of sp³-hybridized carbons (Fsp3) is 1.00. The summed E-state index contributed by atoms with van der Waals surface area (Å²) in [6, 6.07) is 0.638. The van der Waals surface area contributed by atoms with Gasteiger partial charge in [0.2, 0.25) is 0 Å². The fourth-order valence-electron chi connectivity index (χ4n) is 2.50. The van der Waals surface area contributed by atoms with Crippen LogP contribution in [0.4, 0.5) is 0 Å². The average Bonchev–Trinajstić information content (AvgIpc) is 2.15. The second-order valence-electron chi connectivity index (χ2n) is 6.47. The normalized spacial score (nSPS) is 25.8. The molecule has 1 N–H and O–H groups in total. The Balaban J connectivity index is 2.49. The van der Waals surface area contributed by atoms with Crippen molar-refractivity contribution < 1.29 is 4.74 Å². The molecule has 0 bridgehead atoms. The van der Waals surface area contributed by atoms with Crippen molar-refractivity contribution >= 4 is 0 Å². The van der Waals surface area contributed by atoms with Crippen LogP contribution in [0.3, 0.4) is 0 Å². The molecule has 0 radical (unpaired) electrons. The molecule has 0 aromatic rings. The SMILES string of the molecule is CC(C)OCCN1CC(C)(C)NCC1C(C)C. The molecule has 1 fully saturated rings. The Bertz CT molecular complexity index is 226. The maximum atomic E-state index is 5.68. The summed E-state index contributed by atoms with van der Waals surface area (Å²) in [5, 5.41) is 3.64. The van der Waals surface area contributed by atoms with Crippen molar-refractivity contribution in [2.45, 2.75) is 59.2 Å².